The summed E-state index contributed by atoms with van der Waals surface area (Å²) in [6.07, 6.45) is 1.90. The number of hydrogen-bond donors (Lipinski definition) is 2. The summed E-state index contributed by atoms with van der Waals surface area (Å²) < 4.78 is 0. The van der Waals surface area contributed by atoms with Gasteiger partial charge >= 0.3 is 6.92 Å². The highest BCUT2D eigenvalue weighted by Gasteiger charge is 2.06. The molecule has 3 heteroatoms. The van der Waals surface area contributed by atoms with Crippen LogP contribution in [0.15, 0.2) is 30.5 Å². The Hall–Kier alpha value is -1.22. The molecule has 1 aromatic carbocycles. The molecule has 0 saturated heterocycles. The highest BCUT2D eigenvalue weighted by atomic mass is 16.2. The molecular weight excluding hydrogens is 149 g/mol. The number of aromatic amines is 1. The molecule has 60 valence electrons. The molecule has 0 amide bonds. The highest BCUT2D eigenvalue weighted by molar-refractivity contribution is 6.65. The molecule has 0 spiro atoms. The van der Waals surface area contributed by atoms with Crippen molar-refractivity contribution in [3.05, 3.63) is 30.5 Å². The molecule has 0 unspecified atom stereocenters. The predicted octanol–water partition coefficient (Wildman–Crippen LogP) is 0.988. The lowest BCUT2D eigenvalue weighted by Crippen LogP contribution is -2.25. The zero-order valence-corrected chi connectivity index (χ0v) is 6.91. The molecule has 0 aliphatic rings. The Balaban J connectivity index is 2.60. The van der Waals surface area contributed by atoms with Crippen LogP contribution in [0.5, 0.6) is 0 Å². The average Bonchev–Trinajstić information content (AvgIpc) is 2.49. The third-order valence-corrected chi connectivity index (χ3v) is 2.06. The van der Waals surface area contributed by atoms with Crippen LogP contribution in [-0.2, 0) is 0 Å². The van der Waals surface area contributed by atoms with Crippen LogP contribution in [0.25, 0.3) is 10.9 Å². The molecule has 1 heterocycles. The minimum Gasteiger partial charge on any atom is -0.446 e. The average molecular weight is 159 g/mol. The number of nitrogens with one attached hydrogen (secondary N) is 1. The van der Waals surface area contributed by atoms with Gasteiger partial charge in [0.25, 0.3) is 0 Å². The van der Waals surface area contributed by atoms with E-state index in [0.29, 0.717) is 0 Å². The summed E-state index contributed by atoms with van der Waals surface area (Å²) in [5.41, 5.74) is 2.03. The Labute approximate surface area is 71.3 Å². The first-order chi connectivity index (χ1) is 5.77. The lowest BCUT2D eigenvalue weighted by atomic mass is 9.64. The fourth-order valence-corrected chi connectivity index (χ4v) is 1.33. The van der Waals surface area contributed by atoms with Crippen LogP contribution < -0.4 is 5.46 Å². The summed E-state index contributed by atoms with van der Waals surface area (Å²) in [7, 11) is 0. The van der Waals surface area contributed by atoms with Crippen molar-refractivity contribution in [3.8, 4) is 0 Å². The highest BCUT2D eigenvalue weighted by Crippen LogP contribution is 2.09. The molecule has 12 heavy (non-hydrogen) atoms. The topological polar surface area (TPSA) is 36.0 Å². The van der Waals surface area contributed by atoms with Crippen LogP contribution in [0.4, 0.5) is 0 Å². The Bertz CT molecular complexity index is 394. The first-order valence-corrected chi connectivity index (χ1v) is 4.02. The van der Waals surface area contributed by atoms with E-state index in [2.05, 4.69) is 4.98 Å². The molecule has 0 bridgehead atoms. The summed E-state index contributed by atoms with van der Waals surface area (Å²) in [5.74, 6) is 0. The van der Waals surface area contributed by atoms with Gasteiger partial charge in [0, 0.05) is 11.7 Å². The van der Waals surface area contributed by atoms with Gasteiger partial charge in [-0.05, 0) is 23.0 Å². The normalized spacial score (nSPS) is 10.5. The fraction of sp³-hybridized carbons (Fsp3) is 0.111. The summed E-state index contributed by atoms with van der Waals surface area (Å²) in [4.78, 5) is 3.10. The van der Waals surface area contributed by atoms with E-state index < -0.39 is 6.92 Å². The Morgan fingerprint density at radius 2 is 2.17 bits per heavy atom. The van der Waals surface area contributed by atoms with Crippen molar-refractivity contribution in [3.63, 3.8) is 0 Å². The number of rotatable bonds is 1. The van der Waals surface area contributed by atoms with Gasteiger partial charge in [0.05, 0.1) is 0 Å². The van der Waals surface area contributed by atoms with Crippen molar-refractivity contribution in [1.82, 2.24) is 4.98 Å². The van der Waals surface area contributed by atoms with Crippen LogP contribution in [0, 0.1) is 0 Å². The van der Waals surface area contributed by atoms with E-state index in [-0.39, 0.29) is 0 Å². The van der Waals surface area contributed by atoms with Crippen LogP contribution in [-0.4, -0.2) is 16.9 Å². The van der Waals surface area contributed by atoms with E-state index >= 15 is 0 Å². The molecule has 2 rings (SSSR count). The van der Waals surface area contributed by atoms with E-state index in [1.54, 1.807) is 6.82 Å². The van der Waals surface area contributed by atoms with Crippen LogP contribution in [0.3, 0.4) is 0 Å². The molecule has 2 aromatic rings. The number of aromatic nitrogens is 1. The Kier molecular flexibility index (Phi) is 1.66. The SMILES string of the molecule is CB(O)c1ccc2cc[nH]c2c1. The largest absolute Gasteiger partial charge is 0.446 e. The monoisotopic (exact) mass is 159 g/mol. The van der Waals surface area contributed by atoms with Crippen LogP contribution in [0.1, 0.15) is 0 Å². The molecule has 2 nitrogen and oxygen atoms in total. The maximum atomic E-state index is 9.31. The van der Waals surface area contributed by atoms with Gasteiger partial charge in [-0.25, -0.2) is 0 Å². The number of H-pyrrole nitrogens is 1. The fourth-order valence-electron chi connectivity index (χ4n) is 1.33. The second-order valence-corrected chi connectivity index (χ2v) is 3.00. The maximum Gasteiger partial charge on any atom is 0.320 e. The van der Waals surface area contributed by atoms with Crippen LogP contribution in [0.2, 0.25) is 6.82 Å². The first-order valence-electron chi connectivity index (χ1n) is 4.02. The Morgan fingerprint density at radius 1 is 1.33 bits per heavy atom. The van der Waals surface area contributed by atoms with Gasteiger partial charge < -0.3 is 10.0 Å². The molecule has 0 aliphatic carbocycles. The van der Waals surface area contributed by atoms with E-state index in [0.717, 1.165) is 11.0 Å². The maximum absolute atomic E-state index is 9.31. The van der Waals surface area contributed by atoms with Gasteiger partial charge in [-0.1, -0.05) is 19.0 Å². The van der Waals surface area contributed by atoms with E-state index in [1.807, 2.05) is 30.5 Å². The van der Waals surface area contributed by atoms with Crippen molar-refractivity contribution in [2.45, 2.75) is 6.82 Å². The lowest BCUT2D eigenvalue weighted by molar-refractivity contribution is 0.594. The smallest absolute Gasteiger partial charge is 0.320 e. The number of fused-ring (bicyclic) bond motifs is 1. The van der Waals surface area contributed by atoms with Gasteiger partial charge in [-0.3, -0.25) is 0 Å². The summed E-state index contributed by atoms with van der Waals surface area (Å²) in [6.45, 7) is 1.38. The molecular formula is C9H10BNO. The third-order valence-electron chi connectivity index (χ3n) is 2.06. The summed E-state index contributed by atoms with van der Waals surface area (Å²) >= 11 is 0. The van der Waals surface area contributed by atoms with Crippen molar-refractivity contribution in [2.24, 2.45) is 0 Å². The standard InChI is InChI=1S/C9H10BNO/c1-10(12)8-3-2-7-4-5-11-9(7)6-8/h2-6,11-12H,1H3. The summed E-state index contributed by atoms with van der Waals surface area (Å²) in [6, 6.07) is 7.94. The molecule has 0 saturated carbocycles. The second kappa shape index (κ2) is 2.68. The van der Waals surface area contributed by atoms with Crippen molar-refractivity contribution >= 4 is 23.3 Å². The van der Waals surface area contributed by atoms with E-state index in [4.69, 9.17) is 0 Å². The Morgan fingerprint density at radius 3 is 2.92 bits per heavy atom. The van der Waals surface area contributed by atoms with Gasteiger partial charge in [0.15, 0.2) is 0 Å². The second-order valence-electron chi connectivity index (χ2n) is 3.00. The molecule has 0 atom stereocenters. The lowest BCUT2D eigenvalue weighted by Gasteiger charge is -1.99. The molecule has 2 N–H and O–H groups in total. The van der Waals surface area contributed by atoms with Gasteiger partial charge in [0.1, 0.15) is 0 Å². The number of hydrogen-bond acceptors (Lipinski definition) is 1. The first kappa shape index (κ1) is 7.43. The van der Waals surface area contributed by atoms with Crippen molar-refractivity contribution < 1.29 is 5.02 Å². The van der Waals surface area contributed by atoms with Crippen molar-refractivity contribution in [1.29, 1.82) is 0 Å². The van der Waals surface area contributed by atoms with E-state index in [1.165, 1.54) is 5.39 Å². The van der Waals surface area contributed by atoms with Crippen LogP contribution >= 0.6 is 0 Å². The number of benzene rings is 1. The predicted molar refractivity (Wildman–Crippen MR) is 51.8 cm³/mol. The third kappa shape index (κ3) is 1.12. The molecule has 0 aliphatic heterocycles. The molecule has 1 aromatic heterocycles. The zero-order valence-electron chi connectivity index (χ0n) is 6.91. The zero-order chi connectivity index (χ0) is 8.55. The van der Waals surface area contributed by atoms with Gasteiger partial charge in [0.2, 0.25) is 0 Å². The summed E-state index contributed by atoms with van der Waals surface area (Å²) in [5, 5.41) is 10.5. The van der Waals surface area contributed by atoms with Gasteiger partial charge in [-0.2, -0.15) is 0 Å². The minimum atomic E-state index is -0.391. The molecule has 0 radical (unpaired) electrons. The molecule has 0 fully saturated rings. The quantitative estimate of drug-likeness (QED) is 0.598. The minimum absolute atomic E-state index is 0.391. The van der Waals surface area contributed by atoms with E-state index in [9.17, 15) is 5.02 Å². The van der Waals surface area contributed by atoms with Crippen molar-refractivity contribution in [2.75, 3.05) is 0 Å². The van der Waals surface area contributed by atoms with Gasteiger partial charge in [-0.15, -0.1) is 0 Å².